The van der Waals surface area contributed by atoms with Crippen molar-refractivity contribution in [2.45, 2.75) is 24.1 Å². The first kappa shape index (κ1) is 16.8. The van der Waals surface area contributed by atoms with E-state index in [1.165, 1.54) is 12.7 Å². The number of benzene rings is 1. The van der Waals surface area contributed by atoms with Crippen molar-refractivity contribution in [3.8, 4) is 5.69 Å². The molecule has 26 heavy (non-hydrogen) atoms. The van der Waals surface area contributed by atoms with Gasteiger partial charge in [0.05, 0.1) is 30.9 Å². The second-order valence-corrected chi connectivity index (χ2v) is 6.81. The van der Waals surface area contributed by atoms with Crippen LogP contribution in [-0.4, -0.2) is 32.6 Å². The van der Waals surface area contributed by atoms with Crippen LogP contribution in [0.4, 0.5) is 0 Å². The molecule has 7 heteroatoms. The van der Waals surface area contributed by atoms with Crippen LogP contribution in [0.5, 0.6) is 0 Å². The number of halogens is 1. The number of esters is 1. The molecule has 2 heterocycles. The Morgan fingerprint density at radius 2 is 2.15 bits per heavy atom. The maximum Gasteiger partial charge on any atom is 0.341 e. The Bertz CT molecular complexity index is 962. The predicted molar refractivity (Wildman–Crippen MR) is 97.8 cm³/mol. The summed E-state index contributed by atoms with van der Waals surface area (Å²) in [7, 11) is 3.30. The summed E-state index contributed by atoms with van der Waals surface area (Å²) in [5.74, 6) is 0.599. The van der Waals surface area contributed by atoms with Crippen LogP contribution >= 0.6 is 11.6 Å². The first-order valence-corrected chi connectivity index (χ1v) is 8.96. The predicted octanol–water partition coefficient (Wildman–Crippen LogP) is 3.40. The molecule has 0 aliphatic heterocycles. The molecule has 0 unspecified atom stereocenters. The second kappa shape index (κ2) is 6.61. The summed E-state index contributed by atoms with van der Waals surface area (Å²) in [4.78, 5) is 12.3. The zero-order chi connectivity index (χ0) is 18.3. The third-order valence-corrected chi connectivity index (χ3v) is 5.12. The molecule has 0 amide bonds. The van der Waals surface area contributed by atoms with Crippen LogP contribution in [0, 0.1) is 0 Å². The van der Waals surface area contributed by atoms with Gasteiger partial charge in [-0.25, -0.2) is 9.48 Å². The number of aromatic nitrogens is 4. The lowest BCUT2D eigenvalue weighted by molar-refractivity contribution is 0.0599. The van der Waals surface area contributed by atoms with E-state index in [1.54, 1.807) is 10.9 Å². The summed E-state index contributed by atoms with van der Waals surface area (Å²) < 4.78 is 8.60. The van der Waals surface area contributed by atoms with Gasteiger partial charge >= 0.3 is 5.97 Å². The van der Waals surface area contributed by atoms with E-state index in [2.05, 4.69) is 10.2 Å². The van der Waals surface area contributed by atoms with E-state index in [4.69, 9.17) is 16.3 Å². The van der Waals surface area contributed by atoms with Gasteiger partial charge in [-0.05, 0) is 35.6 Å². The standard InChI is InChI=1S/C19H19ClN4O2/c1-23-11-13(9-21-23)15-7-16(15)18-17(19(25)26-2)10-22-24(18)14-5-3-4-12(6-14)8-20/h3-6,9-11,15-16H,7-8H2,1-2H3/t15-,16+/m0/s1. The van der Waals surface area contributed by atoms with E-state index in [9.17, 15) is 4.79 Å². The van der Waals surface area contributed by atoms with Gasteiger partial charge in [-0.2, -0.15) is 10.2 Å². The summed E-state index contributed by atoms with van der Waals surface area (Å²) in [6.07, 6.45) is 6.46. The molecule has 1 aromatic carbocycles. The average molecular weight is 371 g/mol. The van der Waals surface area contributed by atoms with Gasteiger partial charge in [0.15, 0.2) is 0 Å². The van der Waals surface area contributed by atoms with Crippen LogP contribution in [-0.2, 0) is 17.7 Å². The molecule has 0 radical (unpaired) electrons. The minimum atomic E-state index is -0.364. The molecular weight excluding hydrogens is 352 g/mol. The molecule has 0 saturated heterocycles. The number of hydrogen-bond donors (Lipinski definition) is 0. The number of ether oxygens (including phenoxy) is 1. The summed E-state index contributed by atoms with van der Waals surface area (Å²) in [6, 6.07) is 7.87. The average Bonchev–Trinajstić information content (AvgIpc) is 3.12. The van der Waals surface area contributed by atoms with Gasteiger partial charge in [0.1, 0.15) is 5.56 Å². The molecule has 4 rings (SSSR count). The van der Waals surface area contributed by atoms with E-state index in [1.807, 2.05) is 48.4 Å². The van der Waals surface area contributed by atoms with Crippen molar-refractivity contribution in [2.75, 3.05) is 7.11 Å². The fraction of sp³-hybridized carbons (Fsp3) is 0.316. The highest BCUT2D eigenvalue weighted by atomic mass is 35.5. The van der Waals surface area contributed by atoms with Gasteiger partial charge in [0.2, 0.25) is 0 Å². The number of aryl methyl sites for hydroxylation is 1. The van der Waals surface area contributed by atoms with Crippen LogP contribution in [0.3, 0.4) is 0 Å². The Labute approximate surface area is 156 Å². The normalized spacial score (nSPS) is 18.7. The molecule has 0 bridgehead atoms. The summed E-state index contributed by atoms with van der Waals surface area (Å²) in [5.41, 5.74) is 4.48. The smallest absolute Gasteiger partial charge is 0.341 e. The quantitative estimate of drug-likeness (QED) is 0.510. The Morgan fingerprint density at radius 1 is 1.31 bits per heavy atom. The van der Waals surface area contributed by atoms with Gasteiger partial charge in [0.25, 0.3) is 0 Å². The van der Waals surface area contributed by atoms with E-state index < -0.39 is 0 Å². The second-order valence-electron chi connectivity index (χ2n) is 6.55. The van der Waals surface area contributed by atoms with Gasteiger partial charge in [-0.1, -0.05) is 12.1 Å². The molecule has 6 nitrogen and oxygen atoms in total. The van der Waals surface area contributed by atoms with Crippen molar-refractivity contribution >= 4 is 17.6 Å². The van der Waals surface area contributed by atoms with Crippen LogP contribution in [0.15, 0.2) is 42.9 Å². The zero-order valence-corrected chi connectivity index (χ0v) is 15.3. The third kappa shape index (κ3) is 2.90. The molecule has 1 fully saturated rings. The van der Waals surface area contributed by atoms with Gasteiger partial charge < -0.3 is 4.74 Å². The lowest BCUT2D eigenvalue weighted by Gasteiger charge is -2.10. The largest absolute Gasteiger partial charge is 0.465 e. The highest BCUT2D eigenvalue weighted by molar-refractivity contribution is 6.17. The maximum absolute atomic E-state index is 12.3. The molecule has 1 saturated carbocycles. The number of nitrogens with zero attached hydrogens (tertiary/aromatic N) is 4. The minimum Gasteiger partial charge on any atom is -0.465 e. The fourth-order valence-electron chi connectivity index (χ4n) is 3.46. The molecule has 0 spiro atoms. The first-order chi connectivity index (χ1) is 12.6. The molecule has 0 N–H and O–H groups in total. The fourth-order valence-corrected chi connectivity index (χ4v) is 3.62. The molecule has 3 aromatic rings. The minimum absolute atomic E-state index is 0.204. The summed E-state index contributed by atoms with van der Waals surface area (Å²) in [6.45, 7) is 0. The maximum atomic E-state index is 12.3. The van der Waals surface area contributed by atoms with Crippen molar-refractivity contribution in [3.05, 3.63) is 65.2 Å². The first-order valence-electron chi connectivity index (χ1n) is 8.42. The zero-order valence-electron chi connectivity index (χ0n) is 14.6. The Hall–Kier alpha value is -2.60. The Kier molecular flexibility index (Phi) is 4.28. The molecular formula is C19H19ClN4O2. The third-order valence-electron chi connectivity index (χ3n) is 4.82. The van der Waals surface area contributed by atoms with Crippen LogP contribution < -0.4 is 0 Å². The van der Waals surface area contributed by atoms with Crippen LogP contribution in [0.1, 0.15) is 45.4 Å². The monoisotopic (exact) mass is 370 g/mol. The lowest BCUT2D eigenvalue weighted by Crippen LogP contribution is -2.08. The van der Waals surface area contributed by atoms with Crippen molar-refractivity contribution in [1.29, 1.82) is 0 Å². The highest BCUT2D eigenvalue weighted by Gasteiger charge is 2.45. The summed E-state index contributed by atoms with van der Waals surface area (Å²) in [5, 5.41) is 8.74. The number of carbonyl (C=O) groups is 1. The van der Waals surface area contributed by atoms with Crippen LogP contribution in [0.2, 0.25) is 0 Å². The Morgan fingerprint density at radius 3 is 2.85 bits per heavy atom. The highest BCUT2D eigenvalue weighted by Crippen LogP contribution is 2.55. The summed E-state index contributed by atoms with van der Waals surface area (Å²) >= 11 is 5.97. The van der Waals surface area contributed by atoms with Gasteiger partial charge in [0, 0.05) is 25.0 Å². The number of rotatable bonds is 5. The van der Waals surface area contributed by atoms with Crippen LogP contribution in [0.25, 0.3) is 5.69 Å². The van der Waals surface area contributed by atoms with E-state index in [-0.39, 0.29) is 11.9 Å². The van der Waals surface area contributed by atoms with Crippen molar-refractivity contribution in [3.63, 3.8) is 0 Å². The number of hydrogen-bond acceptors (Lipinski definition) is 4. The van der Waals surface area contributed by atoms with Gasteiger partial charge in [-0.3, -0.25) is 4.68 Å². The SMILES string of the molecule is COC(=O)c1cnn(-c2cccc(CCl)c2)c1[C@@H]1C[C@H]1c1cnn(C)c1. The van der Waals surface area contributed by atoms with E-state index in [0.29, 0.717) is 17.4 Å². The van der Waals surface area contributed by atoms with E-state index in [0.717, 1.165) is 23.4 Å². The van der Waals surface area contributed by atoms with Gasteiger partial charge in [-0.15, -0.1) is 11.6 Å². The lowest BCUT2D eigenvalue weighted by atomic mass is 10.1. The molecule has 1 aliphatic rings. The van der Waals surface area contributed by atoms with E-state index >= 15 is 0 Å². The van der Waals surface area contributed by atoms with Crippen molar-refractivity contribution in [2.24, 2.45) is 7.05 Å². The molecule has 1 aliphatic carbocycles. The number of methoxy groups -OCH3 is 1. The Balaban J connectivity index is 1.76. The van der Waals surface area contributed by atoms with Crippen molar-refractivity contribution in [1.82, 2.24) is 19.6 Å². The number of alkyl halides is 1. The molecule has 2 atom stereocenters. The molecule has 2 aromatic heterocycles. The number of carbonyl (C=O) groups excluding carboxylic acids is 1. The topological polar surface area (TPSA) is 61.9 Å². The molecule has 134 valence electrons. The van der Waals surface area contributed by atoms with Crippen molar-refractivity contribution < 1.29 is 9.53 Å².